The molecular formula is C10H8N4O. The lowest BCUT2D eigenvalue weighted by Gasteiger charge is -1.97. The molecule has 0 fully saturated rings. The Bertz CT molecular complexity index is 710. The van der Waals surface area contributed by atoms with Gasteiger partial charge in [-0.25, -0.2) is 9.78 Å². The summed E-state index contributed by atoms with van der Waals surface area (Å²) in [6.45, 7) is 0. The van der Waals surface area contributed by atoms with E-state index in [1.807, 2.05) is 30.3 Å². The van der Waals surface area contributed by atoms with Crippen LogP contribution in [-0.4, -0.2) is 14.6 Å². The second-order valence-corrected chi connectivity index (χ2v) is 3.35. The lowest BCUT2D eigenvalue weighted by atomic mass is 10.2. The highest BCUT2D eigenvalue weighted by atomic mass is 16.1. The number of hydrogen-bond acceptors (Lipinski definition) is 3. The van der Waals surface area contributed by atoms with Gasteiger partial charge in [0.1, 0.15) is 0 Å². The molecule has 0 saturated heterocycles. The molecular weight excluding hydrogens is 192 g/mol. The first-order valence-electron chi connectivity index (χ1n) is 4.51. The van der Waals surface area contributed by atoms with E-state index in [0.29, 0.717) is 11.2 Å². The van der Waals surface area contributed by atoms with Crippen molar-refractivity contribution in [2.75, 3.05) is 5.84 Å². The van der Waals surface area contributed by atoms with E-state index < -0.39 is 0 Å². The minimum Gasteiger partial charge on any atom is -0.333 e. The number of H-pyrrole nitrogens is 1. The number of imidazole rings is 1. The molecule has 3 rings (SSSR count). The van der Waals surface area contributed by atoms with Crippen molar-refractivity contribution in [3.63, 3.8) is 0 Å². The number of rotatable bonds is 0. The average molecular weight is 200 g/mol. The summed E-state index contributed by atoms with van der Waals surface area (Å²) in [5, 5.41) is 0.979. The van der Waals surface area contributed by atoms with Gasteiger partial charge in [-0.15, -0.1) is 0 Å². The van der Waals surface area contributed by atoms with Crippen LogP contribution in [0.3, 0.4) is 0 Å². The van der Waals surface area contributed by atoms with Crippen molar-refractivity contribution in [1.29, 1.82) is 0 Å². The van der Waals surface area contributed by atoms with Crippen LogP contribution in [0.5, 0.6) is 0 Å². The van der Waals surface area contributed by atoms with Gasteiger partial charge in [0.2, 0.25) is 0 Å². The van der Waals surface area contributed by atoms with Crippen molar-refractivity contribution < 1.29 is 0 Å². The Kier molecular flexibility index (Phi) is 1.39. The largest absolute Gasteiger partial charge is 0.346 e. The lowest BCUT2D eigenvalue weighted by Crippen LogP contribution is -2.24. The molecule has 0 saturated carbocycles. The third kappa shape index (κ3) is 1.03. The maximum atomic E-state index is 11.3. The Balaban J connectivity index is 2.58. The molecule has 5 heteroatoms. The number of benzene rings is 1. The molecule has 3 aromatic rings. The molecule has 15 heavy (non-hydrogen) atoms. The minimum absolute atomic E-state index is 0.354. The highest BCUT2D eigenvalue weighted by Crippen LogP contribution is 2.15. The summed E-state index contributed by atoms with van der Waals surface area (Å²) in [6.07, 6.45) is 0. The number of nitrogen functional groups attached to an aromatic ring is 1. The molecule has 0 bridgehead atoms. The van der Waals surface area contributed by atoms with E-state index in [9.17, 15) is 4.79 Å². The standard InChI is InChI=1S/C10H8N4O/c11-14-9-8(13-10(14)15)5-6-3-1-2-4-7(6)12-9/h1-5H,11H2,(H,13,15). The van der Waals surface area contributed by atoms with Crippen molar-refractivity contribution >= 4 is 22.1 Å². The van der Waals surface area contributed by atoms with Gasteiger partial charge in [0.25, 0.3) is 0 Å². The summed E-state index contributed by atoms with van der Waals surface area (Å²) in [6, 6.07) is 9.50. The molecule has 0 aliphatic heterocycles. The Morgan fingerprint density at radius 3 is 3.00 bits per heavy atom. The Morgan fingerprint density at radius 1 is 1.33 bits per heavy atom. The van der Waals surface area contributed by atoms with E-state index >= 15 is 0 Å². The van der Waals surface area contributed by atoms with Crippen LogP contribution < -0.4 is 11.5 Å². The van der Waals surface area contributed by atoms with Crippen molar-refractivity contribution in [3.8, 4) is 0 Å². The number of aromatic nitrogens is 3. The number of hydrogen-bond donors (Lipinski definition) is 2. The number of fused-ring (bicyclic) bond motifs is 2. The van der Waals surface area contributed by atoms with Gasteiger partial charge >= 0.3 is 5.69 Å². The summed E-state index contributed by atoms with van der Waals surface area (Å²) in [5.74, 6) is 5.54. The monoisotopic (exact) mass is 200 g/mol. The van der Waals surface area contributed by atoms with Crippen LogP contribution in [0.15, 0.2) is 35.1 Å². The van der Waals surface area contributed by atoms with Crippen LogP contribution >= 0.6 is 0 Å². The molecule has 2 heterocycles. The van der Waals surface area contributed by atoms with Crippen molar-refractivity contribution in [2.24, 2.45) is 0 Å². The Labute approximate surface area is 84.1 Å². The molecule has 0 spiro atoms. The SMILES string of the molecule is Nn1c(=O)[nH]c2cc3ccccc3nc21. The van der Waals surface area contributed by atoms with Crippen molar-refractivity contribution in [3.05, 3.63) is 40.8 Å². The fourth-order valence-corrected chi connectivity index (χ4v) is 1.65. The first-order chi connectivity index (χ1) is 7.25. The molecule has 0 radical (unpaired) electrons. The number of nitrogens with zero attached hydrogens (tertiary/aromatic N) is 2. The van der Waals surface area contributed by atoms with E-state index in [4.69, 9.17) is 5.84 Å². The molecule has 2 aromatic heterocycles. The van der Waals surface area contributed by atoms with Gasteiger partial charge in [0.05, 0.1) is 11.0 Å². The maximum Gasteiger partial charge on any atom is 0.346 e. The molecule has 1 aromatic carbocycles. The summed E-state index contributed by atoms with van der Waals surface area (Å²) in [7, 11) is 0. The maximum absolute atomic E-state index is 11.3. The van der Waals surface area contributed by atoms with Crippen LogP contribution in [-0.2, 0) is 0 Å². The summed E-state index contributed by atoms with van der Waals surface area (Å²) < 4.78 is 1.02. The van der Waals surface area contributed by atoms with Crippen molar-refractivity contribution in [1.82, 2.24) is 14.6 Å². The van der Waals surface area contributed by atoms with Gasteiger partial charge in [0, 0.05) is 5.39 Å². The van der Waals surface area contributed by atoms with Gasteiger partial charge in [-0.2, -0.15) is 4.68 Å². The topological polar surface area (TPSA) is 76.7 Å². The molecule has 0 aliphatic rings. The van der Waals surface area contributed by atoms with Gasteiger partial charge in [-0.05, 0) is 12.1 Å². The Hall–Kier alpha value is -2.30. The molecule has 0 amide bonds. The first-order valence-corrected chi connectivity index (χ1v) is 4.51. The molecule has 0 atom stereocenters. The third-order valence-corrected chi connectivity index (χ3v) is 2.39. The summed E-state index contributed by atoms with van der Waals surface area (Å²) in [4.78, 5) is 18.2. The number of para-hydroxylation sites is 1. The van der Waals surface area contributed by atoms with E-state index in [1.165, 1.54) is 0 Å². The smallest absolute Gasteiger partial charge is 0.333 e. The number of nitrogens with one attached hydrogen (secondary N) is 1. The van der Waals surface area contributed by atoms with Gasteiger partial charge in [0.15, 0.2) is 5.65 Å². The number of nitrogens with two attached hydrogens (primary N) is 1. The quantitative estimate of drug-likeness (QED) is 0.521. The van der Waals surface area contributed by atoms with Crippen LogP contribution in [0.2, 0.25) is 0 Å². The predicted octanol–water partition coefficient (Wildman–Crippen LogP) is 0.592. The second kappa shape index (κ2) is 2.60. The van der Waals surface area contributed by atoms with Gasteiger partial charge in [-0.3, -0.25) is 0 Å². The van der Waals surface area contributed by atoms with Crippen LogP contribution in [0.1, 0.15) is 0 Å². The van der Waals surface area contributed by atoms with E-state index in [1.54, 1.807) is 0 Å². The zero-order chi connectivity index (χ0) is 10.4. The number of aromatic amines is 1. The zero-order valence-corrected chi connectivity index (χ0v) is 7.77. The van der Waals surface area contributed by atoms with Crippen LogP contribution in [0.4, 0.5) is 0 Å². The van der Waals surface area contributed by atoms with Gasteiger partial charge < -0.3 is 10.8 Å². The molecule has 0 unspecified atom stereocenters. The van der Waals surface area contributed by atoms with Crippen LogP contribution in [0.25, 0.3) is 22.1 Å². The van der Waals surface area contributed by atoms with E-state index in [-0.39, 0.29) is 5.69 Å². The summed E-state index contributed by atoms with van der Waals surface area (Å²) in [5.41, 5.74) is 1.59. The Morgan fingerprint density at radius 2 is 2.13 bits per heavy atom. The van der Waals surface area contributed by atoms with Crippen LogP contribution in [0, 0.1) is 0 Å². The highest BCUT2D eigenvalue weighted by Gasteiger charge is 2.06. The molecule has 74 valence electrons. The zero-order valence-electron chi connectivity index (χ0n) is 7.77. The first kappa shape index (κ1) is 8.05. The highest BCUT2D eigenvalue weighted by molar-refractivity contribution is 5.89. The average Bonchev–Trinajstić information content (AvgIpc) is 2.52. The predicted molar refractivity (Wildman–Crippen MR) is 58.0 cm³/mol. The molecule has 5 nitrogen and oxygen atoms in total. The van der Waals surface area contributed by atoms with Crippen molar-refractivity contribution in [2.45, 2.75) is 0 Å². The molecule has 3 N–H and O–H groups in total. The van der Waals surface area contributed by atoms with Gasteiger partial charge in [-0.1, -0.05) is 18.2 Å². The number of pyridine rings is 1. The van der Waals surface area contributed by atoms with E-state index in [2.05, 4.69) is 9.97 Å². The summed E-state index contributed by atoms with van der Waals surface area (Å²) >= 11 is 0. The molecule has 0 aliphatic carbocycles. The minimum atomic E-state index is -0.354. The van der Waals surface area contributed by atoms with E-state index in [0.717, 1.165) is 15.6 Å². The third-order valence-electron chi connectivity index (χ3n) is 2.39. The fraction of sp³-hybridized carbons (Fsp3) is 0. The lowest BCUT2D eigenvalue weighted by molar-refractivity contribution is 0.954. The fourth-order valence-electron chi connectivity index (χ4n) is 1.65. The second-order valence-electron chi connectivity index (χ2n) is 3.35. The normalized spacial score (nSPS) is 11.2.